The molecule has 0 saturated carbocycles. The standard InChI is InChI=1S/C12H16ClNO2/c1-16-9-5-6-14(7-9)12-4-2-3-11(13)10(12)8-15/h2-4,9,15H,5-8H2,1H3. The smallest absolute Gasteiger partial charge is 0.0762 e. The molecular weight excluding hydrogens is 226 g/mol. The SMILES string of the molecule is COC1CCN(c2cccc(Cl)c2CO)C1. The van der Waals surface area contributed by atoms with Crippen molar-refractivity contribution in [2.45, 2.75) is 19.1 Å². The van der Waals surface area contributed by atoms with E-state index in [4.69, 9.17) is 16.3 Å². The van der Waals surface area contributed by atoms with Crippen molar-refractivity contribution in [2.24, 2.45) is 0 Å². The number of hydrogen-bond acceptors (Lipinski definition) is 3. The summed E-state index contributed by atoms with van der Waals surface area (Å²) in [4.78, 5) is 2.21. The third-order valence-electron chi connectivity index (χ3n) is 3.07. The summed E-state index contributed by atoms with van der Waals surface area (Å²) in [5.74, 6) is 0. The number of rotatable bonds is 3. The average molecular weight is 242 g/mol. The van der Waals surface area contributed by atoms with E-state index in [-0.39, 0.29) is 12.7 Å². The Balaban J connectivity index is 2.24. The van der Waals surface area contributed by atoms with Gasteiger partial charge in [-0.2, -0.15) is 0 Å². The summed E-state index contributed by atoms with van der Waals surface area (Å²) in [5, 5.41) is 9.97. The van der Waals surface area contributed by atoms with Gasteiger partial charge in [0, 0.05) is 36.5 Å². The van der Waals surface area contributed by atoms with E-state index in [9.17, 15) is 5.11 Å². The Morgan fingerprint density at radius 1 is 1.56 bits per heavy atom. The fraction of sp³-hybridized carbons (Fsp3) is 0.500. The molecule has 1 unspecified atom stereocenters. The predicted molar refractivity (Wildman–Crippen MR) is 65.0 cm³/mol. The van der Waals surface area contributed by atoms with Gasteiger partial charge in [-0.1, -0.05) is 17.7 Å². The van der Waals surface area contributed by atoms with Crippen LogP contribution < -0.4 is 4.90 Å². The molecule has 88 valence electrons. The van der Waals surface area contributed by atoms with Gasteiger partial charge in [-0.05, 0) is 18.6 Å². The fourth-order valence-corrected chi connectivity index (χ4v) is 2.37. The van der Waals surface area contributed by atoms with Crippen molar-refractivity contribution >= 4 is 17.3 Å². The Morgan fingerprint density at radius 2 is 2.38 bits per heavy atom. The maximum absolute atomic E-state index is 9.34. The van der Waals surface area contributed by atoms with Gasteiger partial charge in [-0.15, -0.1) is 0 Å². The minimum absolute atomic E-state index is 0.0246. The number of hydrogen-bond donors (Lipinski definition) is 1. The number of nitrogens with zero attached hydrogens (tertiary/aromatic N) is 1. The molecule has 0 spiro atoms. The topological polar surface area (TPSA) is 32.7 Å². The van der Waals surface area contributed by atoms with Gasteiger partial charge in [0.1, 0.15) is 0 Å². The molecule has 1 aromatic rings. The lowest BCUT2D eigenvalue weighted by Gasteiger charge is -2.21. The summed E-state index contributed by atoms with van der Waals surface area (Å²) >= 11 is 6.06. The first-order valence-electron chi connectivity index (χ1n) is 5.42. The molecule has 1 heterocycles. The van der Waals surface area contributed by atoms with Crippen molar-refractivity contribution in [3.63, 3.8) is 0 Å². The van der Waals surface area contributed by atoms with Gasteiger partial charge in [-0.3, -0.25) is 0 Å². The fourth-order valence-electron chi connectivity index (χ4n) is 2.14. The van der Waals surface area contributed by atoms with Crippen LogP contribution in [0.3, 0.4) is 0 Å². The lowest BCUT2D eigenvalue weighted by molar-refractivity contribution is 0.121. The predicted octanol–water partition coefficient (Wildman–Crippen LogP) is 2.06. The summed E-state index contributed by atoms with van der Waals surface area (Å²) < 4.78 is 5.33. The van der Waals surface area contributed by atoms with Gasteiger partial charge >= 0.3 is 0 Å². The van der Waals surface area contributed by atoms with Gasteiger partial charge in [-0.25, -0.2) is 0 Å². The summed E-state index contributed by atoms with van der Waals surface area (Å²) in [7, 11) is 1.74. The number of aliphatic hydroxyl groups is 1. The highest BCUT2D eigenvalue weighted by Gasteiger charge is 2.24. The van der Waals surface area contributed by atoms with Crippen molar-refractivity contribution < 1.29 is 9.84 Å². The molecule has 1 aliphatic heterocycles. The first kappa shape index (κ1) is 11.7. The van der Waals surface area contributed by atoms with Gasteiger partial charge in [0.05, 0.1) is 12.7 Å². The van der Waals surface area contributed by atoms with E-state index in [0.29, 0.717) is 5.02 Å². The molecular formula is C12H16ClNO2. The molecule has 0 amide bonds. The third kappa shape index (κ3) is 2.17. The van der Waals surface area contributed by atoms with E-state index in [0.717, 1.165) is 30.8 Å². The van der Waals surface area contributed by atoms with Crippen LogP contribution in [0.1, 0.15) is 12.0 Å². The zero-order valence-electron chi connectivity index (χ0n) is 9.32. The highest BCUT2D eigenvalue weighted by atomic mass is 35.5. The first-order chi connectivity index (χ1) is 7.76. The third-order valence-corrected chi connectivity index (χ3v) is 3.43. The monoisotopic (exact) mass is 241 g/mol. The number of aliphatic hydroxyl groups excluding tert-OH is 1. The van der Waals surface area contributed by atoms with E-state index in [1.165, 1.54) is 0 Å². The average Bonchev–Trinajstić information content (AvgIpc) is 2.77. The minimum Gasteiger partial charge on any atom is -0.392 e. The van der Waals surface area contributed by atoms with E-state index in [2.05, 4.69) is 4.90 Å². The minimum atomic E-state index is -0.0246. The largest absolute Gasteiger partial charge is 0.392 e. The second-order valence-corrected chi connectivity index (χ2v) is 4.40. The summed E-state index contributed by atoms with van der Waals surface area (Å²) in [6.07, 6.45) is 1.30. The van der Waals surface area contributed by atoms with Gasteiger partial charge in [0.2, 0.25) is 0 Å². The Bertz CT molecular complexity index is 370. The Labute approximate surface area is 101 Å². The Hall–Kier alpha value is -0.770. The van der Waals surface area contributed by atoms with Crippen LogP contribution in [0.4, 0.5) is 5.69 Å². The lowest BCUT2D eigenvalue weighted by atomic mass is 10.1. The Morgan fingerprint density at radius 3 is 3.00 bits per heavy atom. The number of halogens is 1. The molecule has 1 saturated heterocycles. The second kappa shape index (κ2) is 5.04. The molecule has 0 aliphatic carbocycles. The molecule has 0 radical (unpaired) electrons. The maximum Gasteiger partial charge on any atom is 0.0762 e. The molecule has 16 heavy (non-hydrogen) atoms. The molecule has 3 nitrogen and oxygen atoms in total. The number of ether oxygens (including phenoxy) is 1. The number of anilines is 1. The van der Waals surface area contributed by atoms with E-state index >= 15 is 0 Å². The van der Waals surface area contributed by atoms with Crippen LogP contribution in [-0.2, 0) is 11.3 Å². The van der Waals surface area contributed by atoms with Crippen molar-refractivity contribution in [3.05, 3.63) is 28.8 Å². The zero-order chi connectivity index (χ0) is 11.5. The highest BCUT2D eigenvalue weighted by molar-refractivity contribution is 6.31. The van der Waals surface area contributed by atoms with Crippen LogP contribution in [-0.4, -0.2) is 31.4 Å². The summed E-state index contributed by atoms with van der Waals surface area (Å²) in [5.41, 5.74) is 1.83. The highest BCUT2D eigenvalue weighted by Crippen LogP contribution is 2.30. The number of methoxy groups -OCH3 is 1. The quantitative estimate of drug-likeness (QED) is 0.879. The van der Waals surface area contributed by atoms with Gasteiger partial charge < -0.3 is 14.7 Å². The van der Waals surface area contributed by atoms with Crippen molar-refractivity contribution in [2.75, 3.05) is 25.1 Å². The molecule has 4 heteroatoms. The Kier molecular flexibility index (Phi) is 3.69. The molecule has 1 fully saturated rings. The van der Waals surface area contributed by atoms with Crippen molar-refractivity contribution in [1.82, 2.24) is 0 Å². The first-order valence-corrected chi connectivity index (χ1v) is 5.80. The normalized spacial score (nSPS) is 20.4. The lowest BCUT2D eigenvalue weighted by Crippen LogP contribution is -2.23. The maximum atomic E-state index is 9.34. The van der Waals surface area contributed by atoms with Crippen LogP contribution >= 0.6 is 11.6 Å². The molecule has 1 aliphatic rings. The molecule has 1 aromatic carbocycles. The molecule has 1 N–H and O–H groups in total. The number of benzene rings is 1. The second-order valence-electron chi connectivity index (χ2n) is 3.99. The van der Waals surface area contributed by atoms with Gasteiger partial charge in [0.15, 0.2) is 0 Å². The van der Waals surface area contributed by atoms with Crippen LogP contribution in [0.2, 0.25) is 5.02 Å². The summed E-state index contributed by atoms with van der Waals surface area (Å²) in [6, 6.07) is 5.72. The van der Waals surface area contributed by atoms with E-state index < -0.39 is 0 Å². The summed E-state index contributed by atoms with van der Waals surface area (Å²) in [6.45, 7) is 1.79. The molecule has 2 rings (SSSR count). The van der Waals surface area contributed by atoms with Crippen LogP contribution in [0.15, 0.2) is 18.2 Å². The van der Waals surface area contributed by atoms with Crippen molar-refractivity contribution in [1.29, 1.82) is 0 Å². The van der Waals surface area contributed by atoms with Crippen LogP contribution in [0, 0.1) is 0 Å². The van der Waals surface area contributed by atoms with Crippen LogP contribution in [0.5, 0.6) is 0 Å². The van der Waals surface area contributed by atoms with Crippen LogP contribution in [0.25, 0.3) is 0 Å². The molecule has 1 atom stereocenters. The van der Waals surface area contributed by atoms with Crippen molar-refractivity contribution in [3.8, 4) is 0 Å². The van der Waals surface area contributed by atoms with E-state index in [1.807, 2.05) is 12.1 Å². The van der Waals surface area contributed by atoms with E-state index in [1.54, 1.807) is 13.2 Å². The van der Waals surface area contributed by atoms with Gasteiger partial charge in [0.25, 0.3) is 0 Å². The molecule has 0 aromatic heterocycles. The zero-order valence-corrected chi connectivity index (χ0v) is 10.1. The molecule has 0 bridgehead atoms.